The Balaban J connectivity index is 2.53. The van der Waals surface area contributed by atoms with Crippen molar-refractivity contribution in [3.8, 4) is 6.07 Å². The van der Waals surface area contributed by atoms with Crippen molar-refractivity contribution >= 4 is 22.4 Å². The van der Waals surface area contributed by atoms with Gasteiger partial charge in [0.2, 0.25) is 5.91 Å². The second-order valence-corrected chi connectivity index (χ2v) is 3.69. The maximum Gasteiger partial charge on any atom is 0.243 e. The van der Waals surface area contributed by atoms with Crippen molar-refractivity contribution in [1.29, 1.82) is 5.26 Å². The smallest absolute Gasteiger partial charge is 0.243 e. The summed E-state index contributed by atoms with van der Waals surface area (Å²) in [7, 11) is 0. The fourth-order valence-corrected chi connectivity index (χ4v) is 1.55. The molecule has 1 aromatic rings. The largest absolute Gasteiger partial charge is 0.301 e. The molecule has 14 heavy (non-hydrogen) atoms. The Labute approximate surface area is 86.6 Å². The first kappa shape index (κ1) is 10.7. The molecule has 1 unspecified atom stereocenters. The Morgan fingerprint density at radius 1 is 1.86 bits per heavy atom. The van der Waals surface area contributed by atoms with Crippen LogP contribution in [-0.2, 0) is 4.79 Å². The summed E-state index contributed by atoms with van der Waals surface area (Å²) in [5.74, 6) is -0.826. The number of nitriles is 1. The zero-order valence-electron chi connectivity index (χ0n) is 7.86. The third-order valence-corrected chi connectivity index (χ3v) is 2.40. The van der Waals surface area contributed by atoms with Crippen molar-refractivity contribution in [2.24, 2.45) is 5.92 Å². The van der Waals surface area contributed by atoms with Crippen LogP contribution in [0.5, 0.6) is 0 Å². The predicted octanol–water partition coefficient (Wildman–Crippen LogP) is 2.02. The van der Waals surface area contributed by atoms with Gasteiger partial charge in [0.15, 0.2) is 5.13 Å². The van der Waals surface area contributed by atoms with Crippen molar-refractivity contribution in [3.05, 3.63) is 11.6 Å². The molecule has 0 aliphatic rings. The van der Waals surface area contributed by atoms with Crippen molar-refractivity contribution in [2.45, 2.75) is 19.8 Å². The minimum absolute atomic E-state index is 0.260. The molecule has 0 spiro atoms. The van der Waals surface area contributed by atoms with E-state index in [4.69, 9.17) is 5.26 Å². The molecule has 74 valence electrons. The first-order valence-corrected chi connectivity index (χ1v) is 5.26. The monoisotopic (exact) mass is 209 g/mol. The highest BCUT2D eigenvalue weighted by Gasteiger charge is 2.17. The third-order valence-electron chi connectivity index (χ3n) is 1.71. The van der Waals surface area contributed by atoms with Crippen LogP contribution in [0.3, 0.4) is 0 Å². The zero-order valence-corrected chi connectivity index (χ0v) is 8.67. The summed E-state index contributed by atoms with van der Waals surface area (Å²) < 4.78 is 0. The van der Waals surface area contributed by atoms with E-state index in [0.29, 0.717) is 11.6 Å². The van der Waals surface area contributed by atoms with E-state index in [2.05, 4.69) is 10.3 Å². The second kappa shape index (κ2) is 5.35. The number of amides is 1. The van der Waals surface area contributed by atoms with Crippen LogP contribution in [0, 0.1) is 17.2 Å². The second-order valence-electron chi connectivity index (χ2n) is 2.80. The van der Waals surface area contributed by atoms with Crippen LogP contribution in [-0.4, -0.2) is 10.9 Å². The van der Waals surface area contributed by atoms with Gasteiger partial charge in [-0.25, -0.2) is 4.98 Å². The number of carbonyl (C=O) groups excluding carboxylic acids is 1. The van der Waals surface area contributed by atoms with Crippen molar-refractivity contribution in [3.63, 3.8) is 0 Å². The quantitative estimate of drug-likeness (QED) is 0.825. The molecular weight excluding hydrogens is 198 g/mol. The average molecular weight is 209 g/mol. The minimum Gasteiger partial charge on any atom is -0.301 e. The van der Waals surface area contributed by atoms with Gasteiger partial charge in [0, 0.05) is 11.6 Å². The van der Waals surface area contributed by atoms with Crippen LogP contribution >= 0.6 is 11.3 Å². The van der Waals surface area contributed by atoms with Crippen molar-refractivity contribution in [1.82, 2.24) is 4.98 Å². The standard InChI is InChI=1S/C9H11N3OS/c1-2-3-7(6-10)8(13)12-9-11-4-5-14-9/h4-5,7H,2-3H2,1H3,(H,11,12,13). The van der Waals surface area contributed by atoms with Gasteiger partial charge in [-0.2, -0.15) is 5.26 Å². The van der Waals surface area contributed by atoms with Gasteiger partial charge in [-0.05, 0) is 6.42 Å². The molecule has 0 saturated carbocycles. The predicted molar refractivity (Wildman–Crippen MR) is 54.8 cm³/mol. The molecule has 0 bridgehead atoms. The first-order chi connectivity index (χ1) is 6.77. The fraction of sp³-hybridized carbons (Fsp3) is 0.444. The van der Waals surface area contributed by atoms with Gasteiger partial charge in [-0.1, -0.05) is 13.3 Å². The lowest BCUT2D eigenvalue weighted by Crippen LogP contribution is -2.21. The molecule has 0 fully saturated rings. The van der Waals surface area contributed by atoms with E-state index in [1.165, 1.54) is 11.3 Å². The van der Waals surface area contributed by atoms with Gasteiger partial charge in [-0.3, -0.25) is 4.79 Å². The zero-order chi connectivity index (χ0) is 10.4. The van der Waals surface area contributed by atoms with Gasteiger partial charge in [0.05, 0.1) is 6.07 Å². The van der Waals surface area contributed by atoms with E-state index < -0.39 is 5.92 Å². The number of carbonyl (C=O) groups is 1. The van der Waals surface area contributed by atoms with Crippen LogP contribution in [0.4, 0.5) is 5.13 Å². The summed E-state index contributed by atoms with van der Waals surface area (Å²) in [5, 5.41) is 13.7. The van der Waals surface area contributed by atoms with Crippen molar-refractivity contribution < 1.29 is 4.79 Å². The lowest BCUT2D eigenvalue weighted by atomic mass is 10.1. The van der Waals surface area contributed by atoms with Crippen molar-refractivity contribution in [2.75, 3.05) is 5.32 Å². The molecule has 0 aromatic carbocycles. The maximum atomic E-state index is 11.5. The summed E-state index contributed by atoms with van der Waals surface area (Å²) in [4.78, 5) is 15.4. The Kier molecular flexibility index (Phi) is 4.08. The Bertz CT molecular complexity index is 328. The molecule has 0 aliphatic heterocycles. The highest BCUT2D eigenvalue weighted by atomic mass is 32.1. The van der Waals surface area contributed by atoms with Gasteiger partial charge >= 0.3 is 0 Å². The molecule has 1 amide bonds. The van der Waals surface area contributed by atoms with E-state index in [9.17, 15) is 4.79 Å². The van der Waals surface area contributed by atoms with Gasteiger partial charge < -0.3 is 5.32 Å². The lowest BCUT2D eigenvalue weighted by molar-refractivity contribution is -0.118. The summed E-state index contributed by atoms with van der Waals surface area (Å²) in [6, 6.07) is 1.98. The highest BCUT2D eigenvalue weighted by Crippen LogP contribution is 2.13. The van der Waals surface area contributed by atoms with Crippen LogP contribution in [0.15, 0.2) is 11.6 Å². The van der Waals surface area contributed by atoms with E-state index in [-0.39, 0.29) is 5.91 Å². The molecular formula is C9H11N3OS. The summed E-state index contributed by atoms with van der Waals surface area (Å²) in [6.45, 7) is 1.95. The van der Waals surface area contributed by atoms with E-state index >= 15 is 0 Å². The number of rotatable bonds is 4. The average Bonchev–Trinajstić information content (AvgIpc) is 2.66. The maximum absolute atomic E-state index is 11.5. The highest BCUT2D eigenvalue weighted by molar-refractivity contribution is 7.13. The van der Waals surface area contributed by atoms with Crippen LogP contribution < -0.4 is 5.32 Å². The summed E-state index contributed by atoms with van der Waals surface area (Å²) in [6.07, 6.45) is 3.03. The number of aromatic nitrogens is 1. The molecule has 1 heterocycles. The van der Waals surface area contributed by atoms with Crippen LogP contribution in [0.1, 0.15) is 19.8 Å². The van der Waals surface area contributed by atoms with Gasteiger partial charge in [-0.15, -0.1) is 11.3 Å². The molecule has 5 heteroatoms. The number of hydrogen-bond acceptors (Lipinski definition) is 4. The number of nitrogens with one attached hydrogen (secondary N) is 1. The third kappa shape index (κ3) is 2.82. The Morgan fingerprint density at radius 3 is 3.14 bits per heavy atom. The van der Waals surface area contributed by atoms with E-state index in [0.717, 1.165) is 6.42 Å². The molecule has 0 aliphatic carbocycles. The topological polar surface area (TPSA) is 65.8 Å². The molecule has 1 aromatic heterocycles. The first-order valence-electron chi connectivity index (χ1n) is 4.38. The molecule has 1 N–H and O–H groups in total. The van der Waals surface area contributed by atoms with Crippen LogP contribution in [0.25, 0.3) is 0 Å². The molecule has 0 radical (unpaired) electrons. The van der Waals surface area contributed by atoms with E-state index in [1.807, 2.05) is 13.0 Å². The number of thiazole rings is 1. The normalized spacial score (nSPS) is 11.7. The molecule has 4 nitrogen and oxygen atoms in total. The molecule has 1 atom stereocenters. The van der Waals surface area contributed by atoms with E-state index in [1.54, 1.807) is 11.6 Å². The summed E-state index contributed by atoms with van der Waals surface area (Å²) >= 11 is 1.34. The number of hydrogen-bond donors (Lipinski definition) is 1. The molecule has 1 rings (SSSR count). The lowest BCUT2D eigenvalue weighted by Gasteiger charge is -2.05. The number of anilines is 1. The van der Waals surface area contributed by atoms with Gasteiger partial charge in [0.25, 0.3) is 0 Å². The number of nitrogens with zero attached hydrogens (tertiary/aromatic N) is 2. The minimum atomic E-state index is -0.566. The fourth-order valence-electron chi connectivity index (χ4n) is 1.02. The Morgan fingerprint density at radius 2 is 2.64 bits per heavy atom. The summed E-state index contributed by atoms with van der Waals surface area (Å²) in [5.41, 5.74) is 0. The SMILES string of the molecule is CCCC(C#N)C(=O)Nc1nccs1. The Hall–Kier alpha value is -1.41. The molecule has 0 saturated heterocycles. The van der Waals surface area contributed by atoms with Gasteiger partial charge in [0.1, 0.15) is 5.92 Å². The van der Waals surface area contributed by atoms with Crippen LogP contribution in [0.2, 0.25) is 0 Å².